The Balaban J connectivity index is 0.00000200. The van der Waals surface area contributed by atoms with Gasteiger partial charge < -0.3 is 15.4 Å². The van der Waals surface area contributed by atoms with Crippen molar-refractivity contribution in [3.8, 4) is 5.75 Å². The fraction of sp³-hybridized carbons (Fsp3) is 0.400. The zero-order chi connectivity index (χ0) is 13.7. The Kier molecular flexibility index (Phi) is 6.55. The van der Waals surface area contributed by atoms with Gasteiger partial charge in [0.25, 0.3) is 0 Å². The van der Waals surface area contributed by atoms with Crippen LogP contribution < -0.4 is 10.5 Å². The zero-order valence-electron chi connectivity index (χ0n) is 11.6. The lowest BCUT2D eigenvalue weighted by Gasteiger charge is -2.29. The molecule has 5 heteroatoms. The standard InChI is InChI=1S/C15H20N2O2.ClH/c1-19-14-7-3-2-5-12(14)8-9-15(18)17-10-4-6-13(16)11-17;/h2-3,5,7-9,13H,4,6,10-11,16H2,1H3;1H. The molecule has 0 radical (unpaired) electrons. The fourth-order valence-electron chi connectivity index (χ4n) is 2.28. The molecule has 2 rings (SSSR count). The van der Waals surface area contributed by atoms with Crippen LogP contribution in [0.25, 0.3) is 6.08 Å². The molecule has 4 nitrogen and oxygen atoms in total. The third-order valence-corrected chi connectivity index (χ3v) is 3.31. The van der Waals surface area contributed by atoms with Crippen LogP contribution in [-0.4, -0.2) is 37.0 Å². The summed E-state index contributed by atoms with van der Waals surface area (Å²) < 4.78 is 5.24. The van der Waals surface area contributed by atoms with E-state index in [4.69, 9.17) is 10.5 Å². The third-order valence-electron chi connectivity index (χ3n) is 3.31. The van der Waals surface area contributed by atoms with Crippen molar-refractivity contribution in [3.05, 3.63) is 35.9 Å². The molecule has 1 aliphatic heterocycles. The number of carbonyl (C=O) groups excluding carboxylic acids is 1. The normalized spacial score (nSPS) is 18.7. The Labute approximate surface area is 126 Å². The van der Waals surface area contributed by atoms with Crippen molar-refractivity contribution in [3.63, 3.8) is 0 Å². The van der Waals surface area contributed by atoms with Crippen LogP contribution >= 0.6 is 12.4 Å². The van der Waals surface area contributed by atoms with Gasteiger partial charge in [0.1, 0.15) is 5.75 Å². The lowest BCUT2D eigenvalue weighted by atomic mass is 10.1. The zero-order valence-corrected chi connectivity index (χ0v) is 12.4. The van der Waals surface area contributed by atoms with Gasteiger partial charge in [-0.15, -0.1) is 12.4 Å². The van der Waals surface area contributed by atoms with Gasteiger partial charge in [-0.05, 0) is 25.0 Å². The second-order valence-corrected chi connectivity index (χ2v) is 4.76. The van der Waals surface area contributed by atoms with E-state index in [1.807, 2.05) is 24.3 Å². The van der Waals surface area contributed by atoms with Crippen molar-refractivity contribution in [2.45, 2.75) is 18.9 Å². The van der Waals surface area contributed by atoms with Crippen molar-refractivity contribution >= 4 is 24.4 Å². The SMILES string of the molecule is COc1ccccc1C=CC(=O)N1CCCC(N)C1.Cl. The Hall–Kier alpha value is -1.52. The van der Waals surface area contributed by atoms with Gasteiger partial charge in [-0.25, -0.2) is 0 Å². The Morgan fingerprint density at radius 3 is 2.90 bits per heavy atom. The van der Waals surface area contributed by atoms with E-state index in [1.165, 1.54) is 0 Å². The molecule has 20 heavy (non-hydrogen) atoms. The van der Waals surface area contributed by atoms with Crippen molar-refractivity contribution in [2.24, 2.45) is 5.73 Å². The van der Waals surface area contributed by atoms with Crippen molar-refractivity contribution in [1.82, 2.24) is 4.90 Å². The molecule has 1 aromatic rings. The molecule has 0 spiro atoms. The lowest BCUT2D eigenvalue weighted by molar-refractivity contribution is -0.127. The Morgan fingerprint density at radius 1 is 1.45 bits per heavy atom. The molecule has 0 aliphatic carbocycles. The van der Waals surface area contributed by atoms with E-state index < -0.39 is 0 Å². The van der Waals surface area contributed by atoms with Gasteiger partial charge in [-0.3, -0.25) is 4.79 Å². The molecule has 0 saturated carbocycles. The second kappa shape index (κ2) is 7.92. The molecule has 1 unspecified atom stereocenters. The molecule has 1 saturated heterocycles. The summed E-state index contributed by atoms with van der Waals surface area (Å²) in [5, 5.41) is 0. The summed E-state index contributed by atoms with van der Waals surface area (Å²) >= 11 is 0. The first-order valence-corrected chi connectivity index (χ1v) is 6.56. The summed E-state index contributed by atoms with van der Waals surface area (Å²) in [5.74, 6) is 0.781. The molecule has 0 aromatic heterocycles. The maximum Gasteiger partial charge on any atom is 0.246 e. The minimum atomic E-state index is 0. The number of para-hydroxylation sites is 1. The van der Waals surface area contributed by atoms with Gasteiger partial charge in [-0.1, -0.05) is 18.2 Å². The number of benzene rings is 1. The molecule has 1 aliphatic rings. The van der Waals surface area contributed by atoms with Crippen LogP contribution in [0.5, 0.6) is 5.75 Å². The number of nitrogens with two attached hydrogens (primary N) is 1. The summed E-state index contributed by atoms with van der Waals surface area (Å²) in [5.41, 5.74) is 6.78. The molecule has 0 bridgehead atoms. The number of amides is 1. The number of carbonyl (C=O) groups is 1. The first kappa shape index (κ1) is 16.5. The number of ether oxygens (including phenoxy) is 1. The van der Waals surface area contributed by atoms with E-state index >= 15 is 0 Å². The highest BCUT2D eigenvalue weighted by molar-refractivity contribution is 5.92. The molecule has 1 fully saturated rings. The average Bonchev–Trinajstić information content (AvgIpc) is 2.45. The number of methoxy groups -OCH3 is 1. The van der Waals surface area contributed by atoms with Gasteiger partial charge >= 0.3 is 0 Å². The molecule has 110 valence electrons. The monoisotopic (exact) mass is 296 g/mol. The van der Waals surface area contributed by atoms with Crippen LogP contribution in [0.4, 0.5) is 0 Å². The maximum atomic E-state index is 12.1. The fourth-order valence-corrected chi connectivity index (χ4v) is 2.28. The van der Waals surface area contributed by atoms with Crippen LogP contribution in [0, 0.1) is 0 Å². The first-order valence-electron chi connectivity index (χ1n) is 6.56. The van der Waals surface area contributed by atoms with E-state index in [2.05, 4.69) is 0 Å². The van der Waals surface area contributed by atoms with Gasteiger partial charge in [0.15, 0.2) is 0 Å². The number of rotatable bonds is 3. The van der Waals surface area contributed by atoms with Crippen LogP contribution in [0.3, 0.4) is 0 Å². The summed E-state index contributed by atoms with van der Waals surface area (Å²) in [6.07, 6.45) is 5.37. The second-order valence-electron chi connectivity index (χ2n) is 4.76. The Bertz CT molecular complexity index is 477. The number of nitrogens with zero attached hydrogens (tertiary/aromatic N) is 1. The summed E-state index contributed by atoms with van der Waals surface area (Å²) in [6, 6.07) is 7.73. The summed E-state index contributed by atoms with van der Waals surface area (Å²) in [6.45, 7) is 1.44. The Morgan fingerprint density at radius 2 is 2.20 bits per heavy atom. The molecular formula is C15H21ClN2O2. The topological polar surface area (TPSA) is 55.6 Å². The summed E-state index contributed by atoms with van der Waals surface area (Å²) in [7, 11) is 1.62. The van der Waals surface area contributed by atoms with Crippen molar-refractivity contribution in [2.75, 3.05) is 20.2 Å². The van der Waals surface area contributed by atoms with Crippen molar-refractivity contribution < 1.29 is 9.53 Å². The van der Waals surface area contributed by atoms with Gasteiger partial charge in [-0.2, -0.15) is 0 Å². The first-order chi connectivity index (χ1) is 9.20. The molecule has 1 heterocycles. The third kappa shape index (κ3) is 4.25. The largest absolute Gasteiger partial charge is 0.496 e. The van der Waals surface area contributed by atoms with E-state index in [-0.39, 0.29) is 24.4 Å². The minimum absolute atomic E-state index is 0. The summed E-state index contributed by atoms with van der Waals surface area (Å²) in [4.78, 5) is 13.9. The quantitative estimate of drug-likeness (QED) is 0.869. The smallest absolute Gasteiger partial charge is 0.246 e. The minimum Gasteiger partial charge on any atom is -0.496 e. The number of hydrogen-bond acceptors (Lipinski definition) is 3. The van der Waals surface area contributed by atoms with E-state index in [1.54, 1.807) is 24.2 Å². The van der Waals surface area contributed by atoms with E-state index in [9.17, 15) is 4.79 Å². The maximum absolute atomic E-state index is 12.1. The highest BCUT2D eigenvalue weighted by Gasteiger charge is 2.19. The highest BCUT2D eigenvalue weighted by Crippen LogP contribution is 2.19. The van der Waals surface area contributed by atoms with Gasteiger partial charge in [0.2, 0.25) is 5.91 Å². The highest BCUT2D eigenvalue weighted by atomic mass is 35.5. The molecule has 1 atom stereocenters. The van der Waals surface area contributed by atoms with Crippen LogP contribution in [-0.2, 0) is 4.79 Å². The predicted octanol–water partition coefficient (Wildman–Crippen LogP) is 2.08. The molecular weight excluding hydrogens is 276 g/mol. The lowest BCUT2D eigenvalue weighted by Crippen LogP contribution is -2.45. The van der Waals surface area contributed by atoms with E-state index in [0.717, 1.165) is 30.7 Å². The molecule has 2 N–H and O–H groups in total. The van der Waals surface area contributed by atoms with Crippen LogP contribution in [0.1, 0.15) is 18.4 Å². The number of halogens is 1. The van der Waals surface area contributed by atoms with Crippen LogP contribution in [0.15, 0.2) is 30.3 Å². The predicted molar refractivity (Wildman–Crippen MR) is 83.1 cm³/mol. The number of likely N-dealkylation sites (tertiary alicyclic amines) is 1. The molecule has 1 aromatic carbocycles. The van der Waals surface area contributed by atoms with Gasteiger partial charge in [0.05, 0.1) is 7.11 Å². The number of piperidine rings is 1. The number of hydrogen-bond donors (Lipinski definition) is 1. The van der Waals surface area contributed by atoms with Gasteiger partial charge in [0, 0.05) is 30.8 Å². The van der Waals surface area contributed by atoms with E-state index in [0.29, 0.717) is 6.54 Å². The average molecular weight is 297 g/mol. The van der Waals surface area contributed by atoms with Crippen LogP contribution in [0.2, 0.25) is 0 Å². The van der Waals surface area contributed by atoms with Crippen molar-refractivity contribution in [1.29, 1.82) is 0 Å². The molecule has 1 amide bonds.